The van der Waals surface area contributed by atoms with Crippen LogP contribution in [0.25, 0.3) is 0 Å². The SMILES string of the molecule is O=CN1CC2(CC[C@@H](Cc3cccc(C(F)(F)F)c3)C2)C1. The minimum Gasteiger partial charge on any atom is -0.344 e. The minimum atomic E-state index is -4.27. The van der Waals surface area contributed by atoms with Gasteiger partial charge in [-0.25, -0.2) is 0 Å². The van der Waals surface area contributed by atoms with E-state index in [9.17, 15) is 18.0 Å². The Morgan fingerprint density at radius 3 is 2.76 bits per heavy atom. The van der Waals surface area contributed by atoms with E-state index in [-0.39, 0.29) is 5.41 Å². The molecule has 1 aromatic rings. The molecule has 1 atom stereocenters. The van der Waals surface area contributed by atoms with Crippen molar-refractivity contribution in [3.63, 3.8) is 0 Å². The molecule has 1 saturated heterocycles. The third kappa shape index (κ3) is 2.92. The number of amides is 1. The van der Waals surface area contributed by atoms with Crippen LogP contribution in [0.4, 0.5) is 13.2 Å². The zero-order valence-electron chi connectivity index (χ0n) is 11.7. The number of carbonyl (C=O) groups is 1. The summed E-state index contributed by atoms with van der Waals surface area (Å²) in [5.41, 5.74) is 0.439. The van der Waals surface area contributed by atoms with Gasteiger partial charge in [-0.05, 0) is 43.2 Å². The molecule has 1 aromatic carbocycles. The number of rotatable bonds is 3. The molecule has 2 nitrogen and oxygen atoms in total. The topological polar surface area (TPSA) is 20.3 Å². The van der Waals surface area contributed by atoms with E-state index < -0.39 is 11.7 Å². The van der Waals surface area contributed by atoms with Gasteiger partial charge in [-0.3, -0.25) is 4.79 Å². The third-order valence-electron chi connectivity index (χ3n) is 4.81. The zero-order valence-corrected chi connectivity index (χ0v) is 11.7. The molecule has 0 aromatic heterocycles. The fourth-order valence-electron chi connectivity index (χ4n) is 3.89. The van der Waals surface area contributed by atoms with Crippen molar-refractivity contribution in [1.82, 2.24) is 4.90 Å². The van der Waals surface area contributed by atoms with Gasteiger partial charge in [0.25, 0.3) is 0 Å². The van der Waals surface area contributed by atoms with Crippen LogP contribution in [0.3, 0.4) is 0 Å². The molecule has 1 spiro atoms. The van der Waals surface area contributed by atoms with Gasteiger partial charge in [-0.15, -0.1) is 0 Å². The lowest BCUT2D eigenvalue weighted by molar-refractivity contribution is -0.137. The van der Waals surface area contributed by atoms with Crippen molar-refractivity contribution in [2.45, 2.75) is 31.9 Å². The first-order valence-electron chi connectivity index (χ1n) is 7.26. The average Bonchev–Trinajstić information content (AvgIpc) is 2.80. The van der Waals surface area contributed by atoms with E-state index in [0.717, 1.165) is 50.4 Å². The smallest absolute Gasteiger partial charge is 0.344 e. The lowest BCUT2D eigenvalue weighted by Crippen LogP contribution is -2.54. The maximum atomic E-state index is 12.7. The van der Waals surface area contributed by atoms with Crippen LogP contribution in [-0.4, -0.2) is 24.4 Å². The highest BCUT2D eigenvalue weighted by Crippen LogP contribution is 2.48. The molecule has 1 saturated carbocycles. The number of likely N-dealkylation sites (tertiary alicyclic amines) is 1. The molecular weight excluding hydrogens is 279 g/mol. The molecule has 1 aliphatic carbocycles. The Kier molecular flexibility index (Phi) is 3.46. The summed E-state index contributed by atoms with van der Waals surface area (Å²) >= 11 is 0. The maximum Gasteiger partial charge on any atom is 0.416 e. The van der Waals surface area contributed by atoms with Crippen LogP contribution in [-0.2, 0) is 17.4 Å². The summed E-state index contributed by atoms with van der Waals surface area (Å²) in [6, 6.07) is 5.65. The fourth-order valence-corrected chi connectivity index (χ4v) is 3.89. The summed E-state index contributed by atoms with van der Waals surface area (Å²) in [5.74, 6) is 0.433. The van der Waals surface area contributed by atoms with Crippen molar-refractivity contribution in [1.29, 1.82) is 0 Å². The summed E-state index contributed by atoms with van der Waals surface area (Å²) in [6.45, 7) is 1.63. The summed E-state index contributed by atoms with van der Waals surface area (Å²) in [7, 11) is 0. The quantitative estimate of drug-likeness (QED) is 0.782. The monoisotopic (exact) mass is 297 g/mol. The van der Waals surface area contributed by atoms with E-state index >= 15 is 0 Å². The lowest BCUT2D eigenvalue weighted by atomic mass is 9.77. The van der Waals surface area contributed by atoms with E-state index in [0.29, 0.717) is 12.3 Å². The highest BCUT2D eigenvalue weighted by atomic mass is 19.4. The first kappa shape index (κ1) is 14.4. The van der Waals surface area contributed by atoms with E-state index in [1.54, 1.807) is 11.0 Å². The largest absolute Gasteiger partial charge is 0.416 e. The van der Waals surface area contributed by atoms with Crippen LogP contribution in [0, 0.1) is 11.3 Å². The van der Waals surface area contributed by atoms with E-state index in [4.69, 9.17) is 0 Å². The molecule has 0 bridgehead atoms. The molecule has 2 fully saturated rings. The second kappa shape index (κ2) is 5.04. The second-order valence-corrected chi connectivity index (χ2v) is 6.52. The van der Waals surface area contributed by atoms with Crippen LogP contribution in [0.1, 0.15) is 30.4 Å². The first-order valence-corrected chi connectivity index (χ1v) is 7.26. The molecule has 0 radical (unpaired) electrons. The number of hydrogen-bond acceptors (Lipinski definition) is 1. The molecule has 0 unspecified atom stereocenters. The number of benzene rings is 1. The van der Waals surface area contributed by atoms with Gasteiger partial charge in [0.15, 0.2) is 0 Å². The Balaban J connectivity index is 1.62. The number of carbonyl (C=O) groups excluding carboxylic acids is 1. The maximum absolute atomic E-state index is 12.7. The number of alkyl halides is 3. The highest BCUT2D eigenvalue weighted by molar-refractivity contribution is 5.49. The van der Waals surface area contributed by atoms with Gasteiger partial charge in [0.1, 0.15) is 0 Å². The van der Waals surface area contributed by atoms with Gasteiger partial charge < -0.3 is 4.90 Å². The van der Waals surface area contributed by atoms with Gasteiger partial charge in [0.05, 0.1) is 5.56 Å². The van der Waals surface area contributed by atoms with Crippen LogP contribution in [0.5, 0.6) is 0 Å². The van der Waals surface area contributed by atoms with E-state index in [2.05, 4.69) is 0 Å². The molecule has 21 heavy (non-hydrogen) atoms. The minimum absolute atomic E-state index is 0.243. The molecule has 114 valence electrons. The van der Waals surface area contributed by atoms with E-state index in [1.165, 1.54) is 12.1 Å². The van der Waals surface area contributed by atoms with Crippen LogP contribution in [0.15, 0.2) is 24.3 Å². The number of nitrogens with zero attached hydrogens (tertiary/aromatic N) is 1. The Morgan fingerprint density at radius 2 is 2.10 bits per heavy atom. The fraction of sp³-hybridized carbons (Fsp3) is 0.562. The molecule has 5 heteroatoms. The van der Waals surface area contributed by atoms with Gasteiger partial charge in [-0.2, -0.15) is 13.2 Å². The molecule has 1 aliphatic heterocycles. The van der Waals surface area contributed by atoms with Crippen molar-refractivity contribution in [2.75, 3.05) is 13.1 Å². The summed E-state index contributed by atoms with van der Waals surface area (Å²) < 4.78 is 38.1. The molecular formula is C16H18F3NO. The van der Waals surface area contributed by atoms with Crippen molar-refractivity contribution >= 4 is 6.41 Å². The lowest BCUT2D eigenvalue weighted by Gasteiger charge is -2.46. The second-order valence-electron chi connectivity index (χ2n) is 6.52. The Bertz CT molecular complexity index is 535. The predicted molar refractivity (Wildman–Crippen MR) is 72.6 cm³/mol. The van der Waals surface area contributed by atoms with Crippen molar-refractivity contribution < 1.29 is 18.0 Å². The Labute approximate surface area is 121 Å². The van der Waals surface area contributed by atoms with Crippen molar-refractivity contribution in [3.8, 4) is 0 Å². The Morgan fingerprint density at radius 1 is 1.33 bits per heavy atom. The third-order valence-corrected chi connectivity index (χ3v) is 4.81. The molecule has 1 amide bonds. The standard InChI is InChI=1S/C16H18F3NO/c17-16(18,19)14-3-1-2-12(7-14)6-13-4-5-15(8-13)9-20(10-15)11-21/h1-3,7,11,13H,4-6,8-10H2/t13-/m0/s1. The Hall–Kier alpha value is -1.52. The van der Waals surface area contributed by atoms with Crippen LogP contribution >= 0.6 is 0 Å². The normalized spacial score (nSPS) is 24.1. The molecule has 3 rings (SSSR count). The molecule has 0 N–H and O–H groups in total. The van der Waals surface area contributed by atoms with E-state index in [1.807, 2.05) is 0 Å². The van der Waals surface area contributed by atoms with Crippen LogP contribution in [0.2, 0.25) is 0 Å². The molecule has 2 aliphatic rings. The average molecular weight is 297 g/mol. The summed E-state index contributed by atoms with van der Waals surface area (Å²) in [4.78, 5) is 12.4. The number of halogens is 3. The zero-order chi connectivity index (χ0) is 15.1. The summed E-state index contributed by atoms with van der Waals surface area (Å²) in [6.07, 6.45) is 0.459. The predicted octanol–water partition coefficient (Wildman–Crippen LogP) is 3.51. The highest BCUT2D eigenvalue weighted by Gasteiger charge is 2.47. The van der Waals surface area contributed by atoms with Gasteiger partial charge in [0.2, 0.25) is 6.41 Å². The first-order chi connectivity index (χ1) is 9.90. The van der Waals surface area contributed by atoms with Crippen molar-refractivity contribution in [2.24, 2.45) is 11.3 Å². The van der Waals surface area contributed by atoms with Gasteiger partial charge in [0, 0.05) is 18.5 Å². The van der Waals surface area contributed by atoms with Gasteiger partial charge >= 0.3 is 6.18 Å². The molecule has 1 heterocycles. The number of hydrogen-bond donors (Lipinski definition) is 0. The summed E-state index contributed by atoms with van der Waals surface area (Å²) in [5, 5.41) is 0. The van der Waals surface area contributed by atoms with Gasteiger partial charge in [-0.1, -0.05) is 18.2 Å². The van der Waals surface area contributed by atoms with Crippen LogP contribution < -0.4 is 0 Å². The van der Waals surface area contributed by atoms with Crippen molar-refractivity contribution in [3.05, 3.63) is 35.4 Å².